The second-order valence-corrected chi connectivity index (χ2v) is 16.5. The highest BCUT2D eigenvalue weighted by atomic mass is 35.8. The number of benzene rings is 1. The van der Waals surface area contributed by atoms with Gasteiger partial charge in [0.25, 0.3) is 0 Å². The van der Waals surface area contributed by atoms with Crippen LogP contribution in [-0.2, 0) is 4.79 Å². The van der Waals surface area contributed by atoms with Gasteiger partial charge in [-0.05, 0) is 42.7 Å². The minimum atomic E-state index is -2.46. The lowest BCUT2D eigenvalue weighted by Gasteiger charge is -2.14. The van der Waals surface area contributed by atoms with Crippen molar-refractivity contribution in [1.82, 2.24) is 0 Å². The van der Waals surface area contributed by atoms with Crippen LogP contribution in [0.5, 0.6) is 11.5 Å². The summed E-state index contributed by atoms with van der Waals surface area (Å²) < 4.78 is 11.8. The Morgan fingerprint density at radius 3 is 2.17 bits per heavy atom. The Balaban J connectivity index is 2.42. The summed E-state index contributed by atoms with van der Waals surface area (Å²) in [6.07, 6.45) is 12.3. The van der Waals surface area contributed by atoms with E-state index in [-0.39, 0.29) is 0 Å². The van der Waals surface area contributed by atoms with E-state index >= 15 is 0 Å². The predicted octanol–water partition coefficient (Wildman–Crippen LogP) is 7.73. The number of halogens is 3. The zero-order valence-corrected chi connectivity index (χ0v) is 20.9. The minimum Gasteiger partial charge on any atom is -0.490 e. The Hall–Kier alpha value is -0.883. The molecule has 1 rings (SSSR count). The number of hydrogen-bond donors (Lipinski definition) is 1. The molecule has 0 saturated carbocycles. The third-order valence-corrected chi connectivity index (χ3v) is 7.13. The van der Waals surface area contributed by atoms with E-state index in [0.29, 0.717) is 24.7 Å². The lowest BCUT2D eigenvalue weighted by molar-refractivity contribution is -0.131. The molecule has 0 aliphatic rings. The zero-order chi connectivity index (χ0) is 22.2. The molecule has 0 amide bonds. The lowest BCUT2D eigenvalue weighted by atomic mass is 10.1. The molecule has 0 radical (unpaired) electrons. The number of ether oxygens (including phenoxy) is 2. The molecular weight excluding hydrogens is 463 g/mol. The molecule has 1 aromatic carbocycles. The molecule has 4 nitrogen and oxygen atoms in total. The van der Waals surface area contributed by atoms with Gasteiger partial charge < -0.3 is 14.6 Å². The molecule has 0 spiro atoms. The van der Waals surface area contributed by atoms with E-state index in [9.17, 15) is 4.79 Å². The molecule has 0 heterocycles. The van der Waals surface area contributed by atoms with Crippen LogP contribution in [-0.4, -0.2) is 30.3 Å². The molecule has 0 unspecified atom stereocenters. The standard InChI is InChI=1S/C22H33Cl3O4Si/c1-2-3-8-15-29-21-18-19(12-14-22(26)27)11-13-20(21)28-16-9-6-4-5-7-10-17-30(23,24)25/h11-14,18H,2-10,15-17H2,1H3,(H,26,27)/b14-12+. The van der Waals surface area contributed by atoms with E-state index in [4.69, 9.17) is 47.8 Å². The number of aliphatic carboxylic acids is 1. The molecule has 0 atom stereocenters. The summed E-state index contributed by atoms with van der Waals surface area (Å²) in [6.45, 7) is 3.39. The third kappa shape index (κ3) is 14.2. The zero-order valence-electron chi connectivity index (χ0n) is 17.7. The fourth-order valence-corrected chi connectivity index (χ4v) is 4.73. The number of carbonyl (C=O) groups is 1. The van der Waals surface area contributed by atoms with Crippen LogP contribution in [0.2, 0.25) is 6.04 Å². The average Bonchev–Trinajstić information content (AvgIpc) is 2.68. The van der Waals surface area contributed by atoms with Gasteiger partial charge in [0.1, 0.15) is 0 Å². The fraction of sp³-hybridized carbons (Fsp3) is 0.591. The monoisotopic (exact) mass is 494 g/mol. The SMILES string of the molecule is CCCCCOc1cc(/C=C/C(=O)O)ccc1OCCCCCCCC[Si](Cl)(Cl)Cl. The summed E-state index contributed by atoms with van der Waals surface area (Å²) in [4.78, 5) is 10.7. The van der Waals surface area contributed by atoms with Gasteiger partial charge in [0.2, 0.25) is 0 Å². The van der Waals surface area contributed by atoms with Crippen LogP contribution in [0.3, 0.4) is 0 Å². The van der Waals surface area contributed by atoms with Crippen LogP contribution in [0, 0.1) is 0 Å². The first-order valence-electron chi connectivity index (χ1n) is 10.7. The number of carboxylic acid groups (broad SMARTS) is 1. The van der Waals surface area contributed by atoms with Crippen LogP contribution < -0.4 is 9.47 Å². The minimum absolute atomic E-state index is 0.618. The van der Waals surface area contributed by atoms with Crippen molar-refractivity contribution in [1.29, 1.82) is 0 Å². The van der Waals surface area contributed by atoms with E-state index in [1.165, 1.54) is 0 Å². The number of rotatable bonds is 17. The third-order valence-electron chi connectivity index (χ3n) is 4.50. The van der Waals surface area contributed by atoms with Crippen molar-refractivity contribution in [3.05, 3.63) is 29.8 Å². The molecule has 0 aliphatic carbocycles. The number of carboxylic acids is 1. The average molecular weight is 496 g/mol. The van der Waals surface area contributed by atoms with Gasteiger partial charge in [0.15, 0.2) is 11.5 Å². The van der Waals surface area contributed by atoms with E-state index < -0.39 is 12.0 Å². The van der Waals surface area contributed by atoms with Crippen molar-refractivity contribution in [3.63, 3.8) is 0 Å². The van der Waals surface area contributed by atoms with Gasteiger partial charge in [-0.2, -0.15) is 0 Å². The van der Waals surface area contributed by atoms with E-state index in [0.717, 1.165) is 75.5 Å². The topological polar surface area (TPSA) is 55.8 Å². The Bertz CT molecular complexity index is 648. The number of unbranched alkanes of at least 4 members (excludes halogenated alkanes) is 7. The molecule has 1 aromatic rings. The first-order valence-corrected chi connectivity index (χ1v) is 15.9. The van der Waals surface area contributed by atoms with Crippen molar-refractivity contribution in [2.45, 2.75) is 70.8 Å². The maximum absolute atomic E-state index is 10.7. The van der Waals surface area contributed by atoms with Crippen LogP contribution in [0.25, 0.3) is 6.08 Å². The molecule has 30 heavy (non-hydrogen) atoms. The molecule has 0 bridgehead atoms. The molecular formula is C22H33Cl3O4Si. The summed E-state index contributed by atoms with van der Waals surface area (Å²) in [5.74, 6) is 0.385. The summed E-state index contributed by atoms with van der Waals surface area (Å²) in [5, 5.41) is 8.81. The molecule has 0 fully saturated rings. The van der Waals surface area contributed by atoms with Crippen molar-refractivity contribution in [2.75, 3.05) is 13.2 Å². The van der Waals surface area contributed by atoms with Gasteiger partial charge in [0.05, 0.1) is 13.2 Å². The van der Waals surface area contributed by atoms with Crippen molar-refractivity contribution in [3.8, 4) is 11.5 Å². The highest BCUT2D eigenvalue weighted by Gasteiger charge is 2.23. The Morgan fingerprint density at radius 2 is 1.53 bits per heavy atom. The predicted molar refractivity (Wildman–Crippen MR) is 129 cm³/mol. The highest BCUT2D eigenvalue weighted by molar-refractivity contribution is 7.64. The second-order valence-electron chi connectivity index (χ2n) is 7.27. The van der Waals surface area contributed by atoms with E-state index in [2.05, 4.69) is 6.92 Å². The van der Waals surface area contributed by atoms with Gasteiger partial charge in [-0.15, -0.1) is 33.2 Å². The lowest BCUT2D eigenvalue weighted by Crippen LogP contribution is -2.07. The van der Waals surface area contributed by atoms with E-state index in [1.807, 2.05) is 18.2 Å². The Labute approximate surface area is 195 Å². The van der Waals surface area contributed by atoms with Crippen molar-refractivity contribution >= 4 is 51.3 Å². The van der Waals surface area contributed by atoms with Crippen LogP contribution in [0.4, 0.5) is 0 Å². The smallest absolute Gasteiger partial charge is 0.341 e. The molecule has 0 saturated heterocycles. The largest absolute Gasteiger partial charge is 0.490 e. The van der Waals surface area contributed by atoms with Gasteiger partial charge in [-0.1, -0.05) is 57.9 Å². The second kappa shape index (κ2) is 15.8. The molecule has 170 valence electrons. The summed E-state index contributed by atoms with van der Waals surface area (Å²) >= 11 is 17.7. The van der Waals surface area contributed by atoms with Gasteiger partial charge in [0, 0.05) is 6.08 Å². The van der Waals surface area contributed by atoms with E-state index in [1.54, 1.807) is 6.08 Å². The quantitative estimate of drug-likeness (QED) is 0.104. The van der Waals surface area contributed by atoms with Crippen LogP contribution >= 0.6 is 33.2 Å². The Kier molecular flexibility index (Phi) is 14.3. The molecule has 8 heteroatoms. The first-order chi connectivity index (χ1) is 14.3. The molecule has 0 aromatic heterocycles. The maximum atomic E-state index is 10.7. The summed E-state index contributed by atoms with van der Waals surface area (Å²) in [6, 6.07) is 3.78. The van der Waals surface area contributed by atoms with Gasteiger partial charge in [-0.25, -0.2) is 4.79 Å². The van der Waals surface area contributed by atoms with Crippen LogP contribution in [0.15, 0.2) is 24.3 Å². The normalized spacial score (nSPS) is 11.7. The van der Waals surface area contributed by atoms with Gasteiger partial charge in [-0.3, -0.25) is 0 Å². The van der Waals surface area contributed by atoms with Crippen molar-refractivity contribution in [2.24, 2.45) is 0 Å². The Morgan fingerprint density at radius 1 is 0.933 bits per heavy atom. The number of hydrogen-bond acceptors (Lipinski definition) is 3. The molecule has 0 aliphatic heterocycles. The van der Waals surface area contributed by atoms with Crippen LogP contribution in [0.1, 0.15) is 70.3 Å². The first kappa shape index (κ1) is 27.2. The maximum Gasteiger partial charge on any atom is 0.341 e. The fourth-order valence-electron chi connectivity index (χ4n) is 2.88. The molecule has 1 N–H and O–H groups in total. The van der Waals surface area contributed by atoms with Gasteiger partial charge >= 0.3 is 12.0 Å². The van der Waals surface area contributed by atoms with Crippen molar-refractivity contribution < 1.29 is 19.4 Å². The summed E-state index contributed by atoms with van der Waals surface area (Å²) in [7, 11) is 0. The highest BCUT2D eigenvalue weighted by Crippen LogP contribution is 2.30. The summed E-state index contributed by atoms with van der Waals surface area (Å²) in [5.41, 5.74) is 0.771.